The molecule has 2 aromatic rings. The molecule has 0 aromatic carbocycles. The zero-order valence-electron chi connectivity index (χ0n) is 11.7. The Hall–Kier alpha value is -0.710. The van der Waals surface area contributed by atoms with E-state index in [2.05, 4.69) is 36.8 Å². The fraction of sp³-hybridized carbons (Fsp3) is 0.533. The number of nitrogens with one attached hydrogen (secondary N) is 1. The summed E-state index contributed by atoms with van der Waals surface area (Å²) >= 11 is 3.63. The maximum atomic E-state index is 4.90. The van der Waals surface area contributed by atoms with Crippen LogP contribution in [0.3, 0.4) is 0 Å². The third-order valence-corrected chi connectivity index (χ3v) is 5.45. The number of nitrogens with zero attached hydrogens (tertiary/aromatic N) is 1. The molecule has 2 heterocycles. The van der Waals surface area contributed by atoms with E-state index in [1.165, 1.54) is 39.5 Å². The quantitative estimate of drug-likeness (QED) is 0.874. The fourth-order valence-corrected chi connectivity index (χ4v) is 4.32. The number of aryl methyl sites for hydroxylation is 1. The second kappa shape index (κ2) is 5.35. The van der Waals surface area contributed by atoms with E-state index in [1.54, 1.807) is 11.3 Å². The molecule has 1 aliphatic carbocycles. The predicted octanol–water partition coefficient (Wildman–Crippen LogP) is 4.56. The van der Waals surface area contributed by atoms with E-state index in [9.17, 15) is 0 Å². The molecule has 0 unspecified atom stereocenters. The third kappa shape index (κ3) is 2.91. The molecule has 1 saturated carbocycles. The van der Waals surface area contributed by atoms with Crippen LogP contribution in [-0.2, 0) is 6.54 Å². The van der Waals surface area contributed by atoms with Crippen molar-refractivity contribution in [1.82, 2.24) is 10.3 Å². The van der Waals surface area contributed by atoms with E-state index in [4.69, 9.17) is 4.98 Å². The van der Waals surface area contributed by atoms with Crippen molar-refractivity contribution < 1.29 is 0 Å². The van der Waals surface area contributed by atoms with Crippen LogP contribution in [0.5, 0.6) is 0 Å². The van der Waals surface area contributed by atoms with Crippen LogP contribution < -0.4 is 5.32 Å². The fourth-order valence-electron chi connectivity index (χ4n) is 2.16. The lowest BCUT2D eigenvalue weighted by atomic mass is 10.1. The summed E-state index contributed by atoms with van der Waals surface area (Å²) in [5.41, 5.74) is 3.93. The Labute approximate surface area is 122 Å². The lowest BCUT2D eigenvalue weighted by molar-refractivity contribution is 0.681. The first-order valence-corrected chi connectivity index (χ1v) is 8.67. The van der Waals surface area contributed by atoms with Crippen LogP contribution in [0.2, 0.25) is 0 Å². The highest BCUT2D eigenvalue weighted by molar-refractivity contribution is 7.15. The molecule has 0 bridgehead atoms. The largest absolute Gasteiger partial charge is 0.309 e. The van der Waals surface area contributed by atoms with Crippen molar-refractivity contribution in [2.75, 3.05) is 0 Å². The number of aromatic nitrogens is 1. The molecule has 1 fully saturated rings. The molecular weight excluding hydrogens is 272 g/mol. The minimum atomic E-state index is 0.500. The van der Waals surface area contributed by atoms with Crippen LogP contribution in [0.4, 0.5) is 0 Å². The second-order valence-corrected chi connectivity index (χ2v) is 7.43. The van der Waals surface area contributed by atoms with Crippen molar-refractivity contribution in [3.05, 3.63) is 26.9 Å². The van der Waals surface area contributed by atoms with Gasteiger partial charge in [-0.15, -0.1) is 11.3 Å². The number of thiophene rings is 1. The van der Waals surface area contributed by atoms with Gasteiger partial charge in [0.15, 0.2) is 0 Å². The van der Waals surface area contributed by atoms with Crippen molar-refractivity contribution in [2.45, 2.75) is 52.1 Å². The Morgan fingerprint density at radius 3 is 2.74 bits per heavy atom. The Balaban J connectivity index is 1.89. The highest BCUT2D eigenvalue weighted by Crippen LogP contribution is 2.35. The van der Waals surface area contributed by atoms with Crippen molar-refractivity contribution in [1.29, 1.82) is 0 Å². The molecule has 0 aliphatic heterocycles. The van der Waals surface area contributed by atoms with Crippen LogP contribution in [0, 0.1) is 6.92 Å². The topological polar surface area (TPSA) is 24.9 Å². The Kier molecular flexibility index (Phi) is 3.74. The van der Waals surface area contributed by atoms with E-state index < -0.39 is 0 Å². The third-order valence-electron chi connectivity index (χ3n) is 3.49. The average Bonchev–Trinajstić information content (AvgIpc) is 2.94. The lowest BCUT2D eigenvalue weighted by Gasteiger charge is -2.05. The van der Waals surface area contributed by atoms with Crippen LogP contribution >= 0.6 is 22.7 Å². The standard InChI is InChI=1S/C15H20N2S2/c1-9(2)14-13(6-16-11-4-5-11)19-15(17-14)12-8-18-7-10(12)3/h7-9,11,16H,4-6H2,1-3H3. The van der Waals surface area contributed by atoms with Gasteiger partial charge in [-0.2, -0.15) is 11.3 Å². The Morgan fingerprint density at radius 2 is 2.16 bits per heavy atom. The monoisotopic (exact) mass is 292 g/mol. The first-order valence-electron chi connectivity index (χ1n) is 6.91. The Morgan fingerprint density at radius 1 is 1.37 bits per heavy atom. The van der Waals surface area contributed by atoms with Gasteiger partial charge in [0.1, 0.15) is 5.01 Å². The van der Waals surface area contributed by atoms with E-state index in [0.29, 0.717) is 5.92 Å². The average molecular weight is 292 g/mol. The molecule has 2 nitrogen and oxygen atoms in total. The number of hydrogen-bond donors (Lipinski definition) is 1. The van der Waals surface area contributed by atoms with Crippen molar-refractivity contribution >= 4 is 22.7 Å². The summed E-state index contributed by atoms with van der Waals surface area (Å²) in [6.07, 6.45) is 2.68. The van der Waals surface area contributed by atoms with Crippen molar-refractivity contribution in [3.63, 3.8) is 0 Å². The zero-order valence-corrected chi connectivity index (χ0v) is 13.3. The molecule has 1 N–H and O–H groups in total. The highest BCUT2D eigenvalue weighted by Gasteiger charge is 2.22. The van der Waals surface area contributed by atoms with Gasteiger partial charge in [0.2, 0.25) is 0 Å². The van der Waals surface area contributed by atoms with Gasteiger partial charge in [0.25, 0.3) is 0 Å². The smallest absolute Gasteiger partial charge is 0.125 e. The lowest BCUT2D eigenvalue weighted by Crippen LogP contribution is -2.15. The van der Waals surface area contributed by atoms with Gasteiger partial charge < -0.3 is 5.32 Å². The SMILES string of the molecule is Cc1cscc1-c1nc(C(C)C)c(CNC2CC2)s1. The first kappa shape index (κ1) is 13.3. The first-order chi connectivity index (χ1) is 9.15. The predicted molar refractivity (Wildman–Crippen MR) is 84.1 cm³/mol. The highest BCUT2D eigenvalue weighted by atomic mass is 32.1. The van der Waals surface area contributed by atoms with Crippen molar-refractivity contribution in [3.8, 4) is 10.6 Å². The summed E-state index contributed by atoms with van der Waals surface area (Å²) in [5, 5.41) is 9.23. The summed E-state index contributed by atoms with van der Waals surface area (Å²) in [4.78, 5) is 6.32. The molecule has 19 heavy (non-hydrogen) atoms. The molecule has 4 heteroatoms. The molecular formula is C15H20N2S2. The van der Waals surface area contributed by atoms with E-state index >= 15 is 0 Å². The van der Waals surface area contributed by atoms with Gasteiger partial charge in [-0.05, 0) is 36.6 Å². The maximum Gasteiger partial charge on any atom is 0.125 e. The molecule has 0 atom stereocenters. The molecule has 0 saturated heterocycles. The maximum absolute atomic E-state index is 4.90. The molecule has 1 aliphatic rings. The van der Waals surface area contributed by atoms with Gasteiger partial charge in [0, 0.05) is 28.4 Å². The van der Waals surface area contributed by atoms with Crippen LogP contribution in [0.15, 0.2) is 10.8 Å². The summed E-state index contributed by atoms with van der Waals surface area (Å²) in [6.45, 7) is 7.63. The molecule has 2 aromatic heterocycles. The van der Waals surface area contributed by atoms with E-state index in [1.807, 2.05) is 11.3 Å². The molecule has 102 valence electrons. The van der Waals surface area contributed by atoms with Gasteiger partial charge in [-0.25, -0.2) is 4.98 Å². The summed E-state index contributed by atoms with van der Waals surface area (Å²) in [7, 11) is 0. The minimum Gasteiger partial charge on any atom is -0.309 e. The second-order valence-electron chi connectivity index (χ2n) is 5.61. The van der Waals surface area contributed by atoms with Crippen LogP contribution in [0.1, 0.15) is 48.7 Å². The van der Waals surface area contributed by atoms with Gasteiger partial charge in [-0.1, -0.05) is 13.8 Å². The molecule has 3 rings (SSSR count). The summed E-state index contributed by atoms with van der Waals surface area (Å²) in [5.74, 6) is 0.500. The summed E-state index contributed by atoms with van der Waals surface area (Å²) < 4.78 is 0. The van der Waals surface area contributed by atoms with Gasteiger partial charge in [0.05, 0.1) is 5.69 Å². The molecule has 0 radical (unpaired) electrons. The molecule has 0 amide bonds. The van der Waals surface area contributed by atoms with Crippen LogP contribution in [-0.4, -0.2) is 11.0 Å². The van der Waals surface area contributed by atoms with E-state index in [-0.39, 0.29) is 0 Å². The molecule has 0 spiro atoms. The van der Waals surface area contributed by atoms with Crippen molar-refractivity contribution in [2.24, 2.45) is 0 Å². The van der Waals surface area contributed by atoms with Gasteiger partial charge >= 0.3 is 0 Å². The summed E-state index contributed by atoms with van der Waals surface area (Å²) in [6, 6.07) is 0.758. The normalized spacial score (nSPS) is 15.4. The van der Waals surface area contributed by atoms with E-state index in [0.717, 1.165) is 12.6 Å². The number of hydrogen-bond acceptors (Lipinski definition) is 4. The minimum absolute atomic E-state index is 0.500. The number of thiazole rings is 1. The zero-order chi connectivity index (χ0) is 13.4. The Bertz CT molecular complexity index is 564. The van der Waals surface area contributed by atoms with Gasteiger partial charge in [-0.3, -0.25) is 0 Å². The van der Waals surface area contributed by atoms with Crippen LogP contribution in [0.25, 0.3) is 10.6 Å². The number of rotatable bonds is 5.